The minimum Gasteiger partial charge on any atom is -0.326 e. The summed E-state index contributed by atoms with van der Waals surface area (Å²) in [5, 5.41) is 8.15. The zero-order valence-corrected chi connectivity index (χ0v) is 16.6. The lowest BCUT2D eigenvalue weighted by molar-refractivity contribution is -0.116. The maximum atomic E-state index is 12.7. The van der Waals surface area contributed by atoms with Crippen molar-refractivity contribution in [1.29, 1.82) is 0 Å². The number of nitrogens with zero attached hydrogens (tertiary/aromatic N) is 4. The predicted octanol–water partition coefficient (Wildman–Crippen LogP) is 3.92. The number of amides is 1. The minimum atomic E-state index is -0.254. The third-order valence-corrected chi connectivity index (χ3v) is 5.08. The van der Waals surface area contributed by atoms with E-state index >= 15 is 0 Å². The standard InChI is InChI=1S/C20H15Cl2N5O2/c21-16-7-6-13(10-17(16)22)25-18(28)8-9-26-12-23-19-15(20(26)29)11-24-27(19)14-4-2-1-3-5-14/h1-7,10-12H,8-9H2,(H,25,28). The Kier molecular flexibility index (Phi) is 5.33. The SMILES string of the molecule is O=C(CCn1cnc2c(cnn2-c2ccccc2)c1=O)Nc1ccc(Cl)c(Cl)c1. The predicted molar refractivity (Wildman–Crippen MR) is 113 cm³/mol. The Morgan fingerprint density at radius 2 is 1.86 bits per heavy atom. The van der Waals surface area contributed by atoms with Gasteiger partial charge in [-0.15, -0.1) is 0 Å². The summed E-state index contributed by atoms with van der Waals surface area (Å²) < 4.78 is 3.01. The van der Waals surface area contributed by atoms with Crippen LogP contribution in [-0.4, -0.2) is 25.2 Å². The van der Waals surface area contributed by atoms with Crippen LogP contribution in [0.25, 0.3) is 16.7 Å². The van der Waals surface area contributed by atoms with Gasteiger partial charge in [0.15, 0.2) is 5.65 Å². The highest BCUT2D eigenvalue weighted by molar-refractivity contribution is 6.42. The van der Waals surface area contributed by atoms with E-state index in [0.29, 0.717) is 26.8 Å². The second-order valence-electron chi connectivity index (χ2n) is 6.30. The number of benzene rings is 2. The van der Waals surface area contributed by atoms with Crippen LogP contribution in [-0.2, 0) is 11.3 Å². The van der Waals surface area contributed by atoms with Gasteiger partial charge in [0.1, 0.15) is 5.39 Å². The van der Waals surface area contributed by atoms with Crippen molar-refractivity contribution >= 4 is 45.8 Å². The Balaban J connectivity index is 1.50. The monoisotopic (exact) mass is 427 g/mol. The van der Waals surface area contributed by atoms with Gasteiger partial charge >= 0.3 is 0 Å². The average molecular weight is 428 g/mol. The molecule has 146 valence electrons. The quantitative estimate of drug-likeness (QED) is 0.523. The molecule has 4 rings (SSSR count). The Hall–Kier alpha value is -3.16. The zero-order valence-electron chi connectivity index (χ0n) is 15.0. The lowest BCUT2D eigenvalue weighted by Gasteiger charge is -2.08. The van der Waals surface area contributed by atoms with Crippen LogP contribution in [0.5, 0.6) is 0 Å². The number of nitrogens with one attached hydrogen (secondary N) is 1. The first-order valence-electron chi connectivity index (χ1n) is 8.76. The molecule has 7 nitrogen and oxygen atoms in total. The molecular weight excluding hydrogens is 413 g/mol. The van der Waals surface area contributed by atoms with E-state index in [0.717, 1.165) is 5.69 Å². The molecule has 0 aliphatic carbocycles. The number of fused-ring (bicyclic) bond motifs is 1. The number of rotatable bonds is 5. The summed E-state index contributed by atoms with van der Waals surface area (Å²) >= 11 is 11.8. The summed E-state index contributed by atoms with van der Waals surface area (Å²) in [5.74, 6) is -0.254. The molecule has 0 unspecified atom stereocenters. The third kappa shape index (κ3) is 4.01. The first kappa shape index (κ1) is 19.2. The van der Waals surface area contributed by atoms with E-state index in [1.807, 2.05) is 30.3 Å². The summed E-state index contributed by atoms with van der Waals surface area (Å²) in [6.45, 7) is 0.186. The minimum absolute atomic E-state index is 0.0974. The number of para-hydroxylation sites is 1. The van der Waals surface area contributed by atoms with Gasteiger partial charge in [-0.3, -0.25) is 14.2 Å². The number of halogens is 2. The number of aromatic nitrogens is 4. The average Bonchev–Trinajstić information content (AvgIpc) is 3.16. The molecule has 0 fully saturated rings. The maximum absolute atomic E-state index is 12.7. The lowest BCUT2D eigenvalue weighted by atomic mass is 10.3. The molecule has 1 amide bonds. The molecule has 0 atom stereocenters. The normalized spacial score (nSPS) is 11.0. The van der Waals surface area contributed by atoms with Gasteiger partial charge in [0.05, 0.1) is 28.3 Å². The van der Waals surface area contributed by atoms with Crippen LogP contribution < -0.4 is 10.9 Å². The smallest absolute Gasteiger partial charge is 0.264 e. The van der Waals surface area contributed by atoms with Gasteiger partial charge in [-0.1, -0.05) is 41.4 Å². The molecule has 0 aliphatic rings. The largest absolute Gasteiger partial charge is 0.326 e. The fourth-order valence-corrected chi connectivity index (χ4v) is 3.18. The van der Waals surface area contributed by atoms with Crippen LogP contribution >= 0.6 is 23.2 Å². The second-order valence-corrected chi connectivity index (χ2v) is 7.11. The molecule has 2 aromatic carbocycles. The van der Waals surface area contributed by atoms with Gasteiger partial charge in [0, 0.05) is 18.7 Å². The third-order valence-electron chi connectivity index (χ3n) is 4.34. The van der Waals surface area contributed by atoms with E-state index in [-0.39, 0.29) is 24.4 Å². The van der Waals surface area contributed by atoms with E-state index in [2.05, 4.69) is 15.4 Å². The molecule has 2 heterocycles. The molecule has 2 aromatic heterocycles. The van der Waals surface area contributed by atoms with Gasteiger partial charge in [0.2, 0.25) is 5.91 Å². The van der Waals surface area contributed by atoms with E-state index < -0.39 is 0 Å². The van der Waals surface area contributed by atoms with Crippen molar-refractivity contribution in [2.24, 2.45) is 0 Å². The lowest BCUT2D eigenvalue weighted by Crippen LogP contribution is -2.23. The van der Waals surface area contributed by atoms with Gasteiger partial charge in [-0.25, -0.2) is 9.67 Å². The van der Waals surface area contributed by atoms with Crippen molar-refractivity contribution in [1.82, 2.24) is 19.3 Å². The van der Waals surface area contributed by atoms with Crippen LogP contribution in [0.4, 0.5) is 5.69 Å². The summed E-state index contributed by atoms with van der Waals surface area (Å²) in [6, 6.07) is 14.3. The fraction of sp³-hybridized carbons (Fsp3) is 0.100. The Bertz CT molecular complexity index is 1250. The van der Waals surface area contributed by atoms with Crippen molar-refractivity contribution in [3.63, 3.8) is 0 Å². The molecule has 0 saturated heterocycles. The molecule has 29 heavy (non-hydrogen) atoms. The van der Waals surface area contributed by atoms with Crippen molar-refractivity contribution in [2.75, 3.05) is 5.32 Å². The van der Waals surface area contributed by atoms with Crippen LogP contribution in [0.3, 0.4) is 0 Å². The number of aryl methyl sites for hydroxylation is 1. The van der Waals surface area contributed by atoms with E-state index in [1.54, 1.807) is 22.9 Å². The molecule has 0 aliphatic heterocycles. The highest BCUT2D eigenvalue weighted by Gasteiger charge is 2.12. The van der Waals surface area contributed by atoms with Gasteiger partial charge < -0.3 is 5.32 Å². The van der Waals surface area contributed by atoms with E-state index in [4.69, 9.17) is 23.2 Å². The van der Waals surface area contributed by atoms with Crippen molar-refractivity contribution in [3.8, 4) is 5.69 Å². The molecular formula is C20H15Cl2N5O2. The molecule has 4 aromatic rings. The van der Waals surface area contributed by atoms with Crippen LogP contribution in [0.15, 0.2) is 65.8 Å². The Morgan fingerprint density at radius 1 is 1.07 bits per heavy atom. The highest BCUT2D eigenvalue weighted by Crippen LogP contribution is 2.25. The summed E-state index contributed by atoms with van der Waals surface area (Å²) in [6.07, 6.45) is 3.02. The molecule has 0 bridgehead atoms. The van der Waals surface area contributed by atoms with E-state index in [1.165, 1.54) is 17.1 Å². The van der Waals surface area contributed by atoms with E-state index in [9.17, 15) is 9.59 Å². The summed E-state index contributed by atoms with van der Waals surface area (Å²) in [5.41, 5.74) is 1.57. The molecule has 0 saturated carbocycles. The van der Waals surface area contributed by atoms with Gasteiger partial charge in [-0.05, 0) is 30.3 Å². The van der Waals surface area contributed by atoms with Crippen molar-refractivity contribution < 1.29 is 4.79 Å². The Morgan fingerprint density at radius 3 is 2.62 bits per heavy atom. The summed E-state index contributed by atoms with van der Waals surface area (Å²) in [7, 11) is 0. The number of hydrogen-bond acceptors (Lipinski definition) is 4. The molecule has 9 heteroatoms. The molecule has 0 radical (unpaired) electrons. The van der Waals surface area contributed by atoms with Gasteiger partial charge in [-0.2, -0.15) is 5.10 Å². The summed E-state index contributed by atoms with van der Waals surface area (Å²) in [4.78, 5) is 29.3. The topological polar surface area (TPSA) is 81.8 Å². The highest BCUT2D eigenvalue weighted by atomic mass is 35.5. The maximum Gasteiger partial charge on any atom is 0.264 e. The number of anilines is 1. The number of carbonyl (C=O) groups excluding carboxylic acids is 1. The number of hydrogen-bond donors (Lipinski definition) is 1. The second kappa shape index (κ2) is 8.06. The Labute approximate surface area is 175 Å². The van der Waals surface area contributed by atoms with Crippen molar-refractivity contribution in [3.05, 3.63) is 81.5 Å². The first-order valence-corrected chi connectivity index (χ1v) is 9.52. The van der Waals surface area contributed by atoms with Crippen LogP contribution in [0, 0.1) is 0 Å². The zero-order chi connectivity index (χ0) is 20.4. The first-order chi connectivity index (χ1) is 14.0. The van der Waals surface area contributed by atoms with Gasteiger partial charge in [0.25, 0.3) is 5.56 Å². The molecule has 0 spiro atoms. The number of carbonyl (C=O) groups is 1. The van der Waals surface area contributed by atoms with Crippen LogP contribution in [0.2, 0.25) is 10.0 Å². The fourth-order valence-electron chi connectivity index (χ4n) is 2.89. The van der Waals surface area contributed by atoms with Crippen molar-refractivity contribution in [2.45, 2.75) is 13.0 Å². The molecule has 1 N–H and O–H groups in total. The van der Waals surface area contributed by atoms with Crippen LogP contribution in [0.1, 0.15) is 6.42 Å².